The molecule has 0 saturated carbocycles. The first-order valence-corrected chi connectivity index (χ1v) is 9.32. The van der Waals surface area contributed by atoms with Gasteiger partial charge in [0, 0.05) is 15.6 Å². The van der Waals surface area contributed by atoms with Crippen molar-refractivity contribution in [2.75, 3.05) is 10.6 Å². The zero-order chi connectivity index (χ0) is 19.8. The molecule has 1 aliphatic heterocycles. The van der Waals surface area contributed by atoms with Gasteiger partial charge in [0.2, 0.25) is 11.9 Å². The summed E-state index contributed by atoms with van der Waals surface area (Å²) in [6, 6.07) is 10.9. The van der Waals surface area contributed by atoms with Crippen LogP contribution in [0.25, 0.3) is 11.4 Å². The standard InChI is InChI=1S/C18H12Cl3N5O2/c19-10-3-1-9(2-4-10)16-23-18-24-17(28)14(26(18)25-16)8-15(27)22-13-6-5-11(20)7-12(13)21/h1-7,14H,8H2,(H,22,27)(H,23,24,25,28)/t14-/m0/s1. The number of nitrogens with one attached hydrogen (secondary N) is 2. The number of rotatable bonds is 4. The van der Waals surface area contributed by atoms with Gasteiger partial charge in [-0.05, 0) is 42.5 Å². The van der Waals surface area contributed by atoms with Crippen molar-refractivity contribution in [1.29, 1.82) is 0 Å². The number of hydrogen-bond donors (Lipinski definition) is 2. The van der Waals surface area contributed by atoms with Crippen LogP contribution in [0.5, 0.6) is 0 Å². The van der Waals surface area contributed by atoms with Crippen LogP contribution in [0.3, 0.4) is 0 Å². The second kappa shape index (κ2) is 7.43. The molecule has 1 atom stereocenters. The van der Waals surface area contributed by atoms with Crippen molar-refractivity contribution >= 4 is 58.3 Å². The number of carbonyl (C=O) groups excluding carboxylic acids is 2. The van der Waals surface area contributed by atoms with Crippen LogP contribution in [0, 0.1) is 0 Å². The van der Waals surface area contributed by atoms with E-state index in [0.29, 0.717) is 26.6 Å². The van der Waals surface area contributed by atoms with Gasteiger partial charge in [-0.25, -0.2) is 4.68 Å². The number of halogens is 3. The highest BCUT2D eigenvalue weighted by molar-refractivity contribution is 6.36. The lowest BCUT2D eigenvalue weighted by Gasteiger charge is -2.11. The summed E-state index contributed by atoms with van der Waals surface area (Å²) in [6.45, 7) is 0. The van der Waals surface area contributed by atoms with Gasteiger partial charge in [0.25, 0.3) is 5.91 Å². The van der Waals surface area contributed by atoms with Gasteiger partial charge in [-0.2, -0.15) is 4.98 Å². The van der Waals surface area contributed by atoms with Crippen molar-refractivity contribution in [3.63, 3.8) is 0 Å². The number of anilines is 2. The molecule has 0 radical (unpaired) electrons. The molecule has 1 aliphatic rings. The third kappa shape index (κ3) is 3.69. The summed E-state index contributed by atoms with van der Waals surface area (Å²) in [5.41, 5.74) is 1.16. The summed E-state index contributed by atoms with van der Waals surface area (Å²) in [5, 5.41) is 11.0. The molecule has 0 saturated heterocycles. The molecule has 2 heterocycles. The number of benzene rings is 2. The van der Waals surface area contributed by atoms with Gasteiger partial charge in [0.1, 0.15) is 6.04 Å². The Bertz CT molecular complexity index is 1080. The van der Waals surface area contributed by atoms with Gasteiger partial charge < -0.3 is 5.32 Å². The Labute approximate surface area is 174 Å². The summed E-state index contributed by atoms with van der Waals surface area (Å²) in [4.78, 5) is 29.0. The van der Waals surface area contributed by atoms with Crippen molar-refractivity contribution in [1.82, 2.24) is 14.8 Å². The fourth-order valence-corrected chi connectivity index (χ4v) is 3.38. The van der Waals surface area contributed by atoms with E-state index in [1.54, 1.807) is 36.4 Å². The highest BCUT2D eigenvalue weighted by Crippen LogP contribution is 2.30. The Balaban J connectivity index is 1.52. The Hall–Kier alpha value is -2.61. The number of amides is 2. The summed E-state index contributed by atoms with van der Waals surface area (Å²) < 4.78 is 1.41. The summed E-state index contributed by atoms with van der Waals surface area (Å²) in [7, 11) is 0. The predicted molar refractivity (Wildman–Crippen MR) is 108 cm³/mol. The first-order chi connectivity index (χ1) is 13.4. The molecule has 142 valence electrons. The van der Waals surface area contributed by atoms with Crippen molar-refractivity contribution in [3.05, 3.63) is 57.5 Å². The quantitative estimate of drug-likeness (QED) is 0.633. The molecule has 0 bridgehead atoms. The molecule has 28 heavy (non-hydrogen) atoms. The molecule has 0 unspecified atom stereocenters. The lowest BCUT2D eigenvalue weighted by molar-refractivity contribution is -0.123. The molecule has 2 aromatic carbocycles. The fraction of sp³-hybridized carbons (Fsp3) is 0.111. The predicted octanol–water partition coefficient (Wildman–Crippen LogP) is 4.43. The van der Waals surface area contributed by atoms with E-state index >= 15 is 0 Å². The van der Waals surface area contributed by atoms with Crippen molar-refractivity contribution in [3.8, 4) is 11.4 Å². The number of carbonyl (C=O) groups is 2. The number of hydrogen-bond acceptors (Lipinski definition) is 4. The van der Waals surface area contributed by atoms with Gasteiger partial charge in [0.05, 0.1) is 17.1 Å². The Kier molecular flexibility index (Phi) is 4.97. The molecule has 10 heteroatoms. The number of aromatic nitrogens is 3. The SMILES string of the molecule is O=C(C[C@H]1C(=O)Nc2nc(-c3ccc(Cl)cc3)nn21)Nc1ccc(Cl)cc1Cl. The molecule has 0 aliphatic carbocycles. The minimum absolute atomic E-state index is 0.124. The molecule has 3 aromatic rings. The van der Waals surface area contributed by atoms with Gasteiger partial charge >= 0.3 is 0 Å². The van der Waals surface area contributed by atoms with E-state index in [4.69, 9.17) is 34.8 Å². The Morgan fingerprint density at radius 2 is 1.82 bits per heavy atom. The third-order valence-corrected chi connectivity index (χ3v) is 4.95. The van der Waals surface area contributed by atoms with Crippen molar-refractivity contribution < 1.29 is 9.59 Å². The van der Waals surface area contributed by atoms with Crippen LogP contribution in [0.2, 0.25) is 15.1 Å². The van der Waals surface area contributed by atoms with E-state index in [1.807, 2.05) is 0 Å². The van der Waals surface area contributed by atoms with Crippen LogP contribution in [0.15, 0.2) is 42.5 Å². The van der Waals surface area contributed by atoms with Crippen LogP contribution < -0.4 is 10.6 Å². The van der Waals surface area contributed by atoms with Gasteiger partial charge in [-0.3, -0.25) is 14.9 Å². The minimum atomic E-state index is -0.811. The van der Waals surface area contributed by atoms with E-state index in [2.05, 4.69) is 20.7 Å². The second-order valence-electron chi connectivity index (χ2n) is 6.09. The van der Waals surface area contributed by atoms with Crippen LogP contribution in [0.4, 0.5) is 11.6 Å². The fourth-order valence-electron chi connectivity index (χ4n) is 2.80. The molecule has 0 spiro atoms. The summed E-state index contributed by atoms with van der Waals surface area (Å²) >= 11 is 17.8. The van der Waals surface area contributed by atoms with Crippen LogP contribution >= 0.6 is 34.8 Å². The number of fused-ring (bicyclic) bond motifs is 1. The Morgan fingerprint density at radius 1 is 1.11 bits per heavy atom. The maximum absolute atomic E-state index is 12.4. The molecule has 7 nitrogen and oxygen atoms in total. The molecule has 4 rings (SSSR count). The average Bonchev–Trinajstić information content (AvgIpc) is 3.17. The minimum Gasteiger partial charge on any atom is -0.325 e. The van der Waals surface area contributed by atoms with E-state index in [0.717, 1.165) is 5.56 Å². The molecular formula is C18H12Cl3N5O2. The first-order valence-electron chi connectivity index (χ1n) is 8.19. The highest BCUT2D eigenvalue weighted by atomic mass is 35.5. The van der Waals surface area contributed by atoms with Crippen LogP contribution in [-0.4, -0.2) is 26.6 Å². The second-order valence-corrected chi connectivity index (χ2v) is 7.37. The summed E-state index contributed by atoms with van der Waals surface area (Å²) in [6.07, 6.45) is -0.124. The smallest absolute Gasteiger partial charge is 0.252 e. The molecule has 0 fully saturated rings. The topological polar surface area (TPSA) is 88.9 Å². The van der Waals surface area contributed by atoms with E-state index in [-0.39, 0.29) is 24.2 Å². The van der Waals surface area contributed by atoms with Crippen molar-refractivity contribution in [2.45, 2.75) is 12.5 Å². The summed E-state index contributed by atoms with van der Waals surface area (Å²) in [5.74, 6) is -0.0223. The van der Waals surface area contributed by atoms with E-state index in [9.17, 15) is 9.59 Å². The Morgan fingerprint density at radius 3 is 2.54 bits per heavy atom. The number of nitrogens with zero attached hydrogens (tertiary/aromatic N) is 3. The highest BCUT2D eigenvalue weighted by Gasteiger charge is 2.35. The molecule has 1 aromatic heterocycles. The maximum Gasteiger partial charge on any atom is 0.252 e. The normalized spacial score (nSPS) is 15.2. The molecule has 2 N–H and O–H groups in total. The lowest BCUT2D eigenvalue weighted by Crippen LogP contribution is -2.23. The van der Waals surface area contributed by atoms with Gasteiger partial charge in [-0.15, -0.1) is 5.10 Å². The van der Waals surface area contributed by atoms with Crippen molar-refractivity contribution in [2.24, 2.45) is 0 Å². The molecular weight excluding hydrogens is 425 g/mol. The van der Waals surface area contributed by atoms with E-state index in [1.165, 1.54) is 10.7 Å². The largest absolute Gasteiger partial charge is 0.325 e. The maximum atomic E-state index is 12.4. The zero-order valence-electron chi connectivity index (χ0n) is 14.1. The van der Waals surface area contributed by atoms with E-state index < -0.39 is 6.04 Å². The monoisotopic (exact) mass is 435 g/mol. The molecule has 2 amide bonds. The van der Waals surface area contributed by atoms with Gasteiger partial charge in [-0.1, -0.05) is 34.8 Å². The average molecular weight is 437 g/mol. The lowest BCUT2D eigenvalue weighted by atomic mass is 10.2. The zero-order valence-corrected chi connectivity index (χ0v) is 16.4. The third-order valence-electron chi connectivity index (χ3n) is 4.15. The van der Waals surface area contributed by atoms with Crippen LogP contribution in [-0.2, 0) is 9.59 Å². The van der Waals surface area contributed by atoms with Gasteiger partial charge in [0.15, 0.2) is 5.82 Å². The first kappa shape index (κ1) is 18.7. The van der Waals surface area contributed by atoms with Crippen LogP contribution in [0.1, 0.15) is 12.5 Å².